The van der Waals surface area contributed by atoms with Gasteiger partial charge < -0.3 is 4.90 Å². The maximum atomic E-state index is 12.6. The van der Waals surface area contributed by atoms with Crippen molar-refractivity contribution in [2.75, 3.05) is 32.7 Å². The average molecular weight is 340 g/mol. The molecule has 1 fully saturated rings. The van der Waals surface area contributed by atoms with Crippen molar-refractivity contribution < 1.29 is 18.2 Å². The van der Waals surface area contributed by atoms with Crippen LogP contribution >= 0.6 is 0 Å². The highest BCUT2D eigenvalue weighted by Crippen LogP contribution is 2.20. The SMILES string of the molecule is CC(C)=CC[NH+]1CCN(S(=O)(=O)c2cccc([N+](=O)[O-])c2)CC1. The molecule has 1 aromatic carbocycles. The van der Waals surface area contributed by atoms with Gasteiger partial charge in [0.2, 0.25) is 10.0 Å². The van der Waals surface area contributed by atoms with Crippen molar-refractivity contribution >= 4 is 15.7 Å². The highest BCUT2D eigenvalue weighted by molar-refractivity contribution is 7.89. The predicted octanol–water partition coefficient (Wildman–Crippen LogP) is 0.450. The van der Waals surface area contributed by atoms with Crippen LogP contribution in [0.25, 0.3) is 0 Å². The van der Waals surface area contributed by atoms with E-state index >= 15 is 0 Å². The van der Waals surface area contributed by atoms with Gasteiger partial charge in [-0.25, -0.2) is 8.42 Å². The minimum Gasteiger partial charge on any atom is -0.329 e. The summed E-state index contributed by atoms with van der Waals surface area (Å²) in [6.45, 7) is 7.31. The molecular formula is C15H22N3O4S+. The van der Waals surface area contributed by atoms with Gasteiger partial charge in [0.25, 0.3) is 5.69 Å². The summed E-state index contributed by atoms with van der Waals surface area (Å²) in [7, 11) is -3.67. The molecule has 1 aliphatic rings. The number of piperazine rings is 1. The van der Waals surface area contributed by atoms with Gasteiger partial charge in [0, 0.05) is 12.1 Å². The maximum Gasteiger partial charge on any atom is 0.270 e. The average Bonchev–Trinajstić information content (AvgIpc) is 2.53. The summed E-state index contributed by atoms with van der Waals surface area (Å²) < 4.78 is 26.6. The molecule has 0 aromatic heterocycles. The number of allylic oxidation sites excluding steroid dienone is 1. The molecule has 23 heavy (non-hydrogen) atoms. The molecule has 0 aliphatic carbocycles. The van der Waals surface area contributed by atoms with Crippen molar-refractivity contribution in [1.29, 1.82) is 0 Å². The number of quaternary nitrogens is 1. The summed E-state index contributed by atoms with van der Waals surface area (Å²) in [5, 5.41) is 10.8. The number of nitro benzene ring substituents is 1. The molecule has 2 rings (SSSR count). The van der Waals surface area contributed by atoms with E-state index in [0.29, 0.717) is 13.1 Å². The van der Waals surface area contributed by atoms with Gasteiger partial charge >= 0.3 is 0 Å². The van der Waals surface area contributed by atoms with Crippen LogP contribution in [0.15, 0.2) is 40.8 Å². The van der Waals surface area contributed by atoms with E-state index in [-0.39, 0.29) is 10.6 Å². The van der Waals surface area contributed by atoms with Gasteiger partial charge in [-0.15, -0.1) is 0 Å². The van der Waals surface area contributed by atoms with Gasteiger partial charge in [-0.2, -0.15) is 4.31 Å². The van der Waals surface area contributed by atoms with Crippen molar-refractivity contribution in [3.05, 3.63) is 46.0 Å². The van der Waals surface area contributed by atoms with E-state index in [1.807, 2.05) is 13.8 Å². The number of nitrogens with one attached hydrogen (secondary N) is 1. The Morgan fingerprint density at radius 3 is 2.57 bits per heavy atom. The maximum absolute atomic E-state index is 12.6. The Morgan fingerprint density at radius 2 is 2.00 bits per heavy atom. The zero-order valence-corrected chi connectivity index (χ0v) is 14.2. The molecule has 8 heteroatoms. The molecule has 126 valence electrons. The molecule has 1 heterocycles. The van der Waals surface area contributed by atoms with E-state index in [9.17, 15) is 18.5 Å². The standard InChI is InChI=1S/C15H21N3O4S/c1-13(2)6-7-16-8-10-17(11-9-16)23(21,22)15-5-3-4-14(12-15)18(19)20/h3-6,12H,7-11H2,1-2H3/p+1. The quantitative estimate of drug-likeness (QED) is 0.479. The van der Waals surface area contributed by atoms with Crippen LogP contribution < -0.4 is 4.90 Å². The molecule has 0 radical (unpaired) electrons. The Kier molecular flexibility index (Phi) is 5.51. The third-order valence-corrected chi connectivity index (χ3v) is 5.79. The summed E-state index contributed by atoms with van der Waals surface area (Å²) in [6, 6.07) is 5.23. The lowest BCUT2D eigenvalue weighted by Crippen LogP contribution is -3.14. The van der Waals surface area contributed by atoms with Gasteiger partial charge in [0.15, 0.2) is 0 Å². The largest absolute Gasteiger partial charge is 0.329 e. The predicted molar refractivity (Wildman–Crippen MR) is 86.8 cm³/mol. The van der Waals surface area contributed by atoms with Gasteiger partial charge in [0.1, 0.15) is 0 Å². The van der Waals surface area contributed by atoms with Crippen LogP contribution in [0.2, 0.25) is 0 Å². The summed E-state index contributed by atoms with van der Waals surface area (Å²) >= 11 is 0. The smallest absolute Gasteiger partial charge is 0.270 e. The normalized spacial score (nSPS) is 17.0. The third kappa shape index (κ3) is 4.37. The number of sulfonamides is 1. The number of hydrogen-bond donors (Lipinski definition) is 1. The van der Waals surface area contributed by atoms with Gasteiger partial charge in [-0.3, -0.25) is 10.1 Å². The van der Waals surface area contributed by atoms with Crippen molar-refractivity contribution in [2.45, 2.75) is 18.7 Å². The van der Waals surface area contributed by atoms with E-state index in [0.717, 1.165) is 25.7 Å². The molecular weight excluding hydrogens is 318 g/mol. The van der Waals surface area contributed by atoms with Crippen LogP contribution in [0.3, 0.4) is 0 Å². The van der Waals surface area contributed by atoms with Crippen LogP contribution in [0.4, 0.5) is 5.69 Å². The molecule has 1 saturated heterocycles. The van der Waals surface area contributed by atoms with Gasteiger partial charge in [-0.05, 0) is 26.0 Å². The molecule has 0 unspecified atom stereocenters. The minimum atomic E-state index is -3.67. The summed E-state index contributed by atoms with van der Waals surface area (Å²) in [6.07, 6.45) is 2.15. The van der Waals surface area contributed by atoms with Crippen LogP contribution in [0.5, 0.6) is 0 Å². The summed E-state index contributed by atoms with van der Waals surface area (Å²) in [4.78, 5) is 11.6. The zero-order chi connectivity index (χ0) is 17.0. The first-order valence-corrected chi connectivity index (χ1v) is 8.96. The van der Waals surface area contributed by atoms with Crippen molar-refractivity contribution in [3.8, 4) is 0 Å². The highest BCUT2D eigenvalue weighted by atomic mass is 32.2. The number of non-ortho nitro benzene ring substituents is 1. The molecule has 1 aromatic rings. The lowest BCUT2D eigenvalue weighted by atomic mass is 10.3. The topological polar surface area (TPSA) is 85.0 Å². The fourth-order valence-electron chi connectivity index (χ4n) is 2.50. The monoisotopic (exact) mass is 340 g/mol. The number of nitrogens with zero attached hydrogens (tertiary/aromatic N) is 2. The number of nitro groups is 1. The van der Waals surface area contributed by atoms with E-state index in [1.54, 1.807) is 0 Å². The molecule has 0 atom stereocenters. The van der Waals surface area contributed by atoms with E-state index in [1.165, 1.54) is 33.0 Å². The number of benzene rings is 1. The number of rotatable bonds is 5. The van der Waals surface area contributed by atoms with E-state index in [2.05, 4.69) is 6.08 Å². The molecule has 1 aliphatic heterocycles. The molecule has 0 amide bonds. The van der Waals surface area contributed by atoms with Gasteiger partial charge in [0.05, 0.1) is 42.5 Å². The Hall–Kier alpha value is -1.77. The summed E-state index contributed by atoms with van der Waals surface area (Å²) in [5.41, 5.74) is 1.04. The van der Waals surface area contributed by atoms with Crippen LogP contribution in [0.1, 0.15) is 13.8 Å². The van der Waals surface area contributed by atoms with E-state index in [4.69, 9.17) is 0 Å². The van der Waals surface area contributed by atoms with Crippen molar-refractivity contribution in [2.24, 2.45) is 0 Å². The first-order chi connectivity index (χ1) is 10.8. The molecule has 0 bridgehead atoms. The second-order valence-electron chi connectivity index (χ2n) is 5.89. The second-order valence-corrected chi connectivity index (χ2v) is 7.83. The molecule has 1 N–H and O–H groups in total. The Bertz CT molecular complexity index is 703. The van der Waals surface area contributed by atoms with Crippen LogP contribution in [-0.4, -0.2) is 50.4 Å². The number of hydrogen-bond acceptors (Lipinski definition) is 4. The minimum absolute atomic E-state index is 0.0144. The fourth-order valence-corrected chi connectivity index (χ4v) is 3.98. The second kappa shape index (κ2) is 7.20. The summed E-state index contributed by atoms with van der Waals surface area (Å²) in [5.74, 6) is 0. The fraction of sp³-hybridized carbons (Fsp3) is 0.467. The first-order valence-electron chi connectivity index (χ1n) is 7.52. The molecule has 7 nitrogen and oxygen atoms in total. The Morgan fingerprint density at radius 1 is 1.35 bits per heavy atom. The van der Waals surface area contributed by atoms with Crippen LogP contribution in [0, 0.1) is 10.1 Å². The van der Waals surface area contributed by atoms with Crippen molar-refractivity contribution in [1.82, 2.24) is 4.31 Å². The Labute approximate surface area is 136 Å². The third-order valence-electron chi connectivity index (χ3n) is 3.89. The molecule has 0 spiro atoms. The first kappa shape index (κ1) is 17.6. The lowest BCUT2D eigenvalue weighted by molar-refractivity contribution is -0.897. The zero-order valence-electron chi connectivity index (χ0n) is 13.4. The lowest BCUT2D eigenvalue weighted by Gasteiger charge is -2.31. The van der Waals surface area contributed by atoms with Crippen molar-refractivity contribution in [3.63, 3.8) is 0 Å². The highest BCUT2D eigenvalue weighted by Gasteiger charge is 2.30. The Balaban J connectivity index is 2.09. The van der Waals surface area contributed by atoms with E-state index < -0.39 is 14.9 Å². The van der Waals surface area contributed by atoms with Gasteiger partial charge in [-0.1, -0.05) is 11.6 Å². The molecule has 0 saturated carbocycles. The van der Waals surface area contributed by atoms with Crippen LogP contribution in [-0.2, 0) is 10.0 Å².